The van der Waals surface area contributed by atoms with Crippen LogP contribution >= 0.6 is 0 Å². The minimum absolute atomic E-state index is 0.0374. The highest BCUT2D eigenvalue weighted by molar-refractivity contribution is 5.80. The number of carbonyl (C=O) groups is 1. The van der Waals surface area contributed by atoms with Crippen molar-refractivity contribution >= 4 is 5.91 Å². The third kappa shape index (κ3) is 3.35. The number of likely N-dealkylation sites (N-methyl/N-ethyl adjacent to an activating group) is 1. The Kier molecular flexibility index (Phi) is 4.34. The summed E-state index contributed by atoms with van der Waals surface area (Å²) in [6.07, 6.45) is 0. The fourth-order valence-corrected chi connectivity index (χ4v) is 1.46. The largest absolute Gasteiger partial charge is 0.504 e. The van der Waals surface area contributed by atoms with Crippen molar-refractivity contribution in [1.29, 1.82) is 0 Å². The number of para-hydroxylation sites is 1. The van der Waals surface area contributed by atoms with E-state index in [1.54, 1.807) is 33.2 Å². The summed E-state index contributed by atoms with van der Waals surface area (Å²) in [4.78, 5) is 13.1. The van der Waals surface area contributed by atoms with Crippen LogP contribution in [0.15, 0.2) is 18.2 Å². The summed E-state index contributed by atoms with van der Waals surface area (Å²) < 4.78 is 0. The predicted molar refractivity (Wildman–Crippen MR) is 64.8 cm³/mol. The normalized spacial score (nSPS) is 12.2. The van der Waals surface area contributed by atoms with E-state index in [0.717, 1.165) is 0 Å². The van der Waals surface area contributed by atoms with Crippen LogP contribution in [0.3, 0.4) is 0 Å². The molecule has 17 heavy (non-hydrogen) atoms. The first-order valence-corrected chi connectivity index (χ1v) is 5.38. The van der Waals surface area contributed by atoms with Gasteiger partial charge in [-0.1, -0.05) is 12.1 Å². The number of phenols is 2. The van der Waals surface area contributed by atoms with Gasteiger partial charge in [0.15, 0.2) is 11.5 Å². The molecule has 0 aliphatic rings. The van der Waals surface area contributed by atoms with Crippen molar-refractivity contribution < 1.29 is 15.0 Å². The lowest BCUT2D eigenvalue weighted by Gasteiger charge is -2.18. The predicted octanol–water partition coefficient (Wildman–Crippen LogP) is 0.664. The molecule has 1 rings (SSSR count). The summed E-state index contributed by atoms with van der Waals surface area (Å²) in [6.45, 7) is 2.07. The Morgan fingerprint density at radius 2 is 2.06 bits per heavy atom. The molecule has 0 saturated heterocycles. The zero-order chi connectivity index (χ0) is 13.0. The molecule has 0 fully saturated rings. The highest BCUT2D eigenvalue weighted by Crippen LogP contribution is 2.27. The summed E-state index contributed by atoms with van der Waals surface area (Å²) in [5.74, 6) is -0.343. The Balaban J connectivity index is 2.62. The van der Waals surface area contributed by atoms with E-state index in [-0.39, 0.29) is 23.4 Å². The Morgan fingerprint density at radius 3 is 2.65 bits per heavy atom. The lowest BCUT2D eigenvalue weighted by atomic mass is 10.1. The number of hydrogen-bond acceptors (Lipinski definition) is 4. The minimum atomic E-state index is -0.341. The van der Waals surface area contributed by atoms with E-state index in [1.165, 1.54) is 11.0 Å². The summed E-state index contributed by atoms with van der Waals surface area (Å²) in [6, 6.07) is 4.40. The van der Waals surface area contributed by atoms with Gasteiger partial charge in [-0.2, -0.15) is 0 Å². The minimum Gasteiger partial charge on any atom is -0.504 e. The smallest absolute Gasteiger partial charge is 0.238 e. The fourth-order valence-electron chi connectivity index (χ4n) is 1.46. The molecule has 1 aromatic rings. The van der Waals surface area contributed by atoms with Crippen LogP contribution in [0, 0.1) is 0 Å². The molecule has 1 unspecified atom stereocenters. The standard InChI is InChI=1S/C12H18N2O3/c1-8(12(17)14(2)3)13-7-9-5-4-6-10(15)11(9)16/h4-6,8,13,15-16H,7H2,1-3H3. The van der Waals surface area contributed by atoms with E-state index in [9.17, 15) is 15.0 Å². The van der Waals surface area contributed by atoms with Crippen molar-refractivity contribution in [1.82, 2.24) is 10.2 Å². The molecule has 0 spiro atoms. The van der Waals surface area contributed by atoms with Gasteiger partial charge in [-0.15, -0.1) is 0 Å². The Labute approximate surface area is 101 Å². The van der Waals surface area contributed by atoms with Gasteiger partial charge in [0.1, 0.15) is 0 Å². The van der Waals surface area contributed by atoms with E-state index < -0.39 is 0 Å². The van der Waals surface area contributed by atoms with Crippen LogP contribution in [0.1, 0.15) is 12.5 Å². The van der Waals surface area contributed by atoms with E-state index in [2.05, 4.69) is 5.32 Å². The van der Waals surface area contributed by atoms with Crippen LogP contribution in [-0.4, -0.2) is 41.2 Å². The number of amides is 1. The summed E-state index contributed by atoms with van der Waals surface area (Å²) >= 11 is 0. The maximum absolute atomic E-state index is 11.6. The van der Waals surface area contributed by atoms with Crippen LogP contribution in [0.25, 0.3) is 0 Å². The molecule has 94 valence electrons. The zero-order valence-corrected chi connectivity index (χ0v) is 10.3. The van der Waals surface area contributed by atoms with Gasteiger partial charge in [-0.3, -0.25) is 4.79 Å². The highest BCUT2D eigenvalue weighted by atomic mass is 16.3. The molecule has 5 heteroatoms. The fraction of sp³-hybridized carbons (Fsp3) is 0.417. The first-order chi connectivity index (χ1) is 7.93. The van der Waals surface area contributed by atoms with Gasteiger partial charge >= 0.3 is 0 Å². The number of nitrogens with zero attached hydrogens (tertiary/aromatic N) is 1. The van der Waals surface area contributed by atoms with Crippen molar-refractivity contribution in [2.24, 2.45) is 0 Å². The molecule has 0 saturated carbocycles. The van der Waals surface area contributed by atoms with E-state index >= 15 is 0 Å². The summed E-state index contributed by atoms with van der Waals surface area (Å²) in [5, 5.41) is 21.9. The number of benzene rings is 1. The van der Waals surface area contributed by atoms with Gasteiger partial charge in [0, 0.05) is 26.2 Å². The average Bonchev–Trinajstić information content (AvgIpc) is 2.29. The van der Waals surface area contributed by atoms with Gasteiger partial charge < -0.3 is 20.4 Å². The number of nitrogens with one attached hydrogen (secondary N) is 1. The van der Waals surface area contributed by atoms with Crippen LogP contribution < -0.4 is 5.32 Å². The molecule has 5 nitrogen and oxygen atoms in total. The van der Waals surface area contributed by atoms with Crippen molar-refractivity contribution in [3.8, 4) is 11.5 Å². The second kappa shape index (κ2) is 5.54. The lowest BCUT2D eigenvalue weighted by Crippen LogP contribution is -2.41. The van der Waals surface area contributed by atoms with Gasteiger partial charge in [0.25, 0.3) is 0 Å². The number of rotatable bonds is 4. The van der Waals surface area contributed by atoms with Crippen LogP contribution in [0.2, 0.25) is 0 Å². The number of aromatic hydroxyl groups is 2. The van der Waals surface area contributed by atoms with Gasteiger partial charge in [0.05, 0.1) is 6.04 Å². The first kappa shape index (κ1) is 13.3. The van der Waals surface area contributed by atoms with Crippen LogP contribution in [0.5, 0.6) is 11.5 Å². The van der Waals surface area contributed by atoms with Crippen molar-refractivity contribution in [3.05, 3.63) is 23.8 Å². The molecule has 0 bridgehead atoms. The zero-order valence-electron chi connectivity index (χ0n) is 10.3. The second-order valence-electron chi connectivity index (χ2n) is 4.12. The van der Waals surface area contributed by atoms with Crippen molar-refractivity contribution in [2.75, 3.05) is 14.1 Å². The monoisotopic (exact) mass is 238 g/mol. The molecule has 1 atom stereocenters. The molecule has 1 amide bonds. The van der Waals surface area contributed by atoms with Gasteiger partial charge in [-0.25, -0.2) is 0 Å². The molecule has 0 aliphatic carbocycles. The third-order valence-electron chi connectivity index (χ3n) is 2.51. The van der Waals surface area contributed by atoms with Crippen molar-refractivity contribution in [3.63, 3.8) is 0 Å². The summed E-state index contributed by atoms with van der Waals surface area (Å²) in [5.41, 5.74) is 0.559. The van der Waals surface area contributed by atoms with Gasteiger partial charge in [0.2, 0.25) is 5.91 Å². The van der Waals surface area contributed by atoms with Crippen LogP contribution in [0.4, 0.5) is 0 Å². The number of hydrogen-bond donors (Lipinski definition) is 3. The Hall–Kier alpha value is -1.75. The maximum atomic E-state index is 11.6. The van der Waals surface area contributed by atoms with E-state index in [0.29, 0.717) is 12.1 Å². The lowest BCUT2D eigenvalue weighted by molar-refractivity contribution is -0.130. The SMILES string of the molecule is CC(NCc1cccc(O)c1O)C(=O)N(C)C. The first-order valence-electron chi connectivity index (χ1n) is 5.38. The molecule has 0 heterocycles. The molecular formula is C12H18N2O3. The molecular weight excluding hydrogens is 220 g/mol. The van der Waals surface area contributed by atoms with Gasteiger partial charge in [-0.05, 0) is 13.0 Å². The average molecular weight is 238 g/mol. The van der Waals surface area contributed by atoms with E-state index in [4.69, 9.17) is 0 Å². The Bertz CT molecular complexity index is 405. The van der Waals surface area contributed by atoms with Crippen LogP contribution in [-0.2, 0) is 11.3 Å². The third-order valence-corrected chi connectivity index (χ3v) is 2.51. The molecule has 1 aromatic carbocycles. The Morgan fingerprint density at radius 1 is 1.41 bits per heavy atom. The topological polar surface area (TPSA) is 72.8 Å². The molecule has 0 aliphatic heterocycles. The number of carbonyl (C=O) groups excluding carboxylic acids is 1. The second-order valence-corrected chi connectivity index (χ2v) is 4.12. The van der Waals surface area contributed by atoms with E-state index in [1.807, 2.05) is 0 Å². The van der Waals surface area contributed by atoms with Crippen molar-refractivity contribution in [2.45, 2.75) is 19.5 Å². The molecule has 0 aromatic heterocycles. The summed E-state index contributed by atoms with van der Waals surface area (Å²) in [7, 11) is 3.37. The highest BCUT2D eigenvalue weighted by Gasteiger charge is 2.15. The number of phenolic OH excluding ortho intramolecular Hbond substituents is 2. The molecule has 3 N–H and O–H groups in total. The maximum Gasteiger partial charge on any atom is 0.238 e. The quantitative estimate of drug-likeness (QED) is 0.674. The molecule has 0 radical (unpaired) electrons.